The lowest BCUT2D eigenvalue weighted by Gasteiger charge is -2.17. The van der Waals surface area contributed by atoms with Crippen molar-refractivity contribution < 1.29 is 9.53 Å². The molecule has 1 aliphatic heterocycles. The van der Waals surface area contributed by atoms with Crippen LogP contribution in [0.5, 0.6) is 5.75 Å². The van der Waals surface area contributed by atoms with Crippen LogP contribution in [-0.2, 0) is 4.79 Å². The molecule has 10 nitrogen and oxygen atoms in total. The number of nitrogens with zero attached hydrogens (tertiary/aromatic N) is 4. The summed E-state index contributed by atoms with van der Waals surface area (Å²) < 4.78 is 6.25. The Labute approximate surface area is 268 Å². The first-order valence-electron chi connectivity index (χ1n) is 15.3. The van der Waals surface area contributed by atoms with Crippen LogP contribution in [0.1, 0.15) is 18.9 Å². The van der Waals surface area contributed by atoms with Crippen LogP contribution in [0.2, 0.25) is 0 Å². The van der Waals surface area contributed by atoms with E-state index in [0.717, 1.165) is 57.7 Å². The number of benzene rings is 3. The van der Waals surface area contributed by atoms with Gasteiger partial charge in [-0.05, 0) is 61.2 Å². The van der Waals surface area contributed by atoms with E-state index >= 15 is 0 Å². The lowest BCUT2D eigenvalue weighted by atomic mass is 10.1. The number of amides is 1. The third-order valence-electron chi connectivity index (χ3n) is 8.05. The molecule has 5 aromatic rings. The number of H-pyrrole nitrogens is 1. The summed E-state index contributed by atoms with van der Waals surface area (Å²) in [7, 11) is 1.82. The number of aryl methyl sites for hydroxylation is 1. The van der Waals surface area contributed by atoms with Crippen LogP contribution in [0.3, 0.4) is 0 Å². The van der Waals surface area contributed by atoms with E-state index in [1.165, 1.54) is 5.56 Å². The number of allylic oxidation sites excluding steroid dienone is 1. The first-order valence-corrected chi connectivity index (χ1v) is 15.3. The van der Waals surface area contributed by atoms with Crippen molar-refractivity contribution in [3.05, 3.63) is 103 Å². The molecular formula is C36H38N8O2. The van der Waals surface area contributed by atoms with Crippen molar-refractivity contribution in [2.75, 3.05) is 32.0 Å². The highest BCUT2D eigenvalue weighted by atomic mass is 16.5. The first kappa shape index (κ1) is 30.5. The largest absolute Gasteiger partial charge is 0.489 e. The number of anilines is 1. The summed E-state index contributed by atoms with van der Waals surface area (Å²) in [6.07, 6.45) is 6.26. The number of nitrogens with two attached hydrogens (primary N) is 1. The van der Waals surface area contributed by atoms with Gasteiger partial charge in [-0.3, -0.25) is 9.69 Å². The molecule has 1 atom stereocenters. The second-order valence-electron chi connectivity index (χ2n) is 11.4. The molecule has 0 saturated carbocycles. The molecule has 0 aliphatic carbocycles. The average molecular weight is 615 g/mol. The molecule has 46 heavy (non-hydrogen) atoms. The Kier molecular flexibility index (Phi) is 9.07. The molecule has 0 spiro atoms. The average Bonchev–Trinajstić information content (AvgIpc) is 3.70. The summed E-state index contributed by atoms with van der Waals surface area (Å²) in [5, 5.41) is 7.05. The van der Waals surface area contributed by atoms with Crippen LogP contribution in [-0.4, -0.2) is 64.4 Å². The highest BCUT2D eigenvalue weighted by Gasteiger charge is 2.26. The molecule has 10 heteroatoms. The van der Waals surface area contributed by atoms with Gasteiger partial charge < -0.3 is 26.1 Å². The molecule has 1 unspecified atom stereocenters. The number of carbonyl (C=O) groups excluding carboxylic acids is 1. The zero-order valence-electron chi connectivity index (χ0n) is 26.2. The second kappa shape index (κ2) is 13.7. The van der Waals surface area contributed by atoms with Crippen molar-refractivity contribution in [3.63, 3.8) is 0 Å². The number of aromatic amines is 1. The number of aromatic nitrogens is 3. The van der Waals surface area contributed by atoms with Gasteiger partial charge in [0.1, 0.15) is 17.7 Å². The van der Waals surface area contributed by atoms with E-state index in [4.69, 9.17) is 15.5 Å². The maximum Gasteiger partial charge on any atom is 0.251 e. The van der Waals surface area contributed by atoms with Gasteiger partial charge in [0, 0.05) is 49.2 Å². The minimum Gasteiger partial charge on any atom is -0.489 e. The number of hydrogen-bond donors (Lipinski definition) is 4. The Morgan fingerprint density at radius 1 is 1.11 bits per heavy atom. The predicted molar refractivity (Wildman–Crippen MR) is 184 cm³/mol. The summed E-state index contributed by atoms with van der Waals surface area (Å²) in [6, 6.07) is 24.3. The Bertz CT molecular complexity index is 1900. The third-order valence-corrected chi connectivity index (χ3v) is 8.05. The third kappa shape index (κ3) is 7.08. The molecule has 3 aromatic carbocycles. The summed E-state index contributed by atoms with van der Waals surface area (Å²) in [6.45, 7) is 5.62. The number of amidine groups is 1. The summed E-state index contributed by atoms with van der Waals surface area (Å²) in [4.78, 5) is 32.0. The zero-order valence-corrected chi connectivity index (χ0v) is 26.2. The number of para-hydroxylation sites is 1. The lowest BCUT2D eigenvalue weighted by molar-refractivity contribution is -0.117. The van der Waals surface area contributed by atoms with Crippen LogP contribution in [0.15, 0.2) is 102 Å². The van der Waals surface area contributed by atoms with Crippen LogP contribution in [0.25, 0.3) is 33.3 Å². The Morgan fingerprint density at radius 3 is 2.67 bits per heavy atom. The lowest BCUT2D eigenvalue weighted by Crippen LogP contribution is -2.33. The van der Waals surface area contributed by atoms with Gasteiger partial charge >= 0.3 is 0 Å². The fourth-order valence-corrected chi connectivity index (χ4v) is 5.63. The van der Waals surface area contributed by atoms with Crippen LogP contribution < -0.4 is 21.1 Å². The van der Waals surface area contributed by atoms with Crippen molar-refractivity contribution in [3.8, 4) is 28.1 Å². The Morgan fingerprint density at radius 2 is 1.89 bits per heavy atom. The van der Waals surface area contributed by atoms with Crippen molar-refractivity contribution in [1.82, 2.24) is 25.2 Å². The van der Waals surface area contributed by atoms with Crippen molar-refractivity contribution in [1.29, 1.82) is 0 Å². The van der Waals surface area contributed by atoms with E-state index in [2.05, 4.69) is 54.8 Å². The smallest absolute Gasteiger partial charge is 0.251 e. The van der Waals surface area contributed by atoms with Crippen molar-refractivity contribution in [2.45, 2.75) is 26.4 Å². The quantitative estimate of drug-likeness (QED) is 0.115. The monoisotopic (exact) mass is 614 g/mol. The molecule has 1 saturated heterocycles. The highest BCUT2D eigenvalue weighted by Crippen LogP contribution is 2.33. The van der Waals surface area contributed by atoms with Crippen molar-refractivity contribution >= 4 is 34.3 Å². The SMILES string of the molecule is CN/C(C)=C\C(N)=N/c1ncc(C)c(-c2c[nH]c3c(NC(=O)CN4CCC(Oc5ccc(-c6ccccc6)cc5)C4)cccc23)n1. The minimum atomic E-state index is -0.0771. The number of ether oxygens (including phenoxy) is 1. The number of hydrogen-bond acceptors (Lipinski definition) is 7. The van der Waals surface area contributed by atoms with E-state index < -0.39 is 0 Å². The fourth-order valence-electron chi connectivity index (χ4n) is 5.63. The van der Waals surface area contributed by atoms with Crippen LogP contribution >= 0.6 is 0 Å². The summed E-state index contributed by atoms with van der Waals surface area (Å²) in [5.41, 5.74) is 13.3. The number of fused-ring (bicyclic) bond motifs is 1. The Balaban J connectivity index is 1.09. The van der Waals surface area contributed by atoms with Gasteiger partial charge in [-0.1, -0.05) is 54.6 Å². The number of rotatable bonds is 10. The van der Waals surface area contributed by atoms with Gasteiger partial charge in [0.15, 0.2) is 0 Å². The number of carbonyl (C=O) groups is 1. The molecule has 0 bridgehead atoms. The van der Waals surface area contributed by atoms with Crippen molar-refractivity contribution in [2.24, 2.45) is 10.7 Å². The van der Waals surface area contributed by atoms with Gasteiger partial charge in [-0.25, -0.2) is 9.97 Å². The summed E-state index contributed by atoms with van der Waals surface area (Å²) >= 11 is 0. The molecule has 234 valence electrons. The molecule has 1 amide bonds. The van der Waals surface area contributed by atoms with E-state index in [1.807, 2.05) is 75.6 Å². The zero-order chi connectivity index (χ0) is 32.0. The van der Waals surface area contributed by atoms with E-state index in [0.29, 0.717) is 18.1 Å². The molecule has 1 aliphatic rings. The molecule has 5 N–H and O–H groups in total. The first-order chi connectivity index (χ1) is 22.4. The number of nitrogens with one attached hydrogen (secondary N) is 3. The maximum absolute atomic E-state index is 13.2. The topological polar surface area (TPSA) is 134 Å². The summed E-state index contributed by atoms with van der Waals surface area (Å²) in [5.74, 6) is 1.34. The molecular weight excluding hydrogens is 576 g/mol. The molecule has 3 heterocycles. The van der Waals surface area contributed by atoms with E-state index in [9.17, 15) is 4.79 Å². The minimum absolute atomic E-state index is 0.0359. The van der Waals surface area contributed by atoms with E-state index in [-0.39, 0.29) is 24.5 Å². The van der Waals surface area contributed by atoms with Gasteiger partial charge in [-0.15, -0.1) is 0 Å². The van der Waals surface area contributed by atoms with Gasteiger partial charge in [0.05, 0.1) is 23.4 Å². The molecule has 0 radical (unpaired) electrons. The standard InChI is InChI=1S/C36H38N8O2/c1-23-19-40-36(42-32(37)18-24(2)38-3)43-34(23)30-20-39-35-29(30)10-7-11-31(35)41-33(45)22-44-17-16-28(21-44)46-27-14-12-26(13-15-27)25-8-5-4-6-9-25/h4-15,18-20,28,38-39H,16-17,21-22H2,1-3H3,(H,41,45)(H2,37,40,42,43)/b24-18-. The van der Waals surface area contributed by atoms with E-state index in [1.54, 1.807) is 12.3 Å². The van der Waals surface area contributed by atoms with Crippen LogP contribution in [0, 0.1) is 6.92 Å². The normalized spacial score (nSPS) is 15.7. The molecule has 2 aromatic heterocycles. The van der Waals surface area contributed by atoms with Gasteiger partial charge in [-0.2, -0.15) is 4.99 Å². The molecule has 1 fully saturated rings. The highest BCUT2D eigenvalue weighted by molar-refractivity contribution is 6.06. The number of likely N-dealkylation sites (tertiary alicyclic amines) is 1. The second-order valence-corrected chi connectivity index (χ2v) is 11.4. The number of aliphatic imine (C=N–C) groups is 1. The maximum atomic E-state index is 13.2. The molecule has 6 rings (SSSR count). The predicted octanol–water partition coefficient (Wildman–Crippen LogP) is 5.80. The van der Waals surface area contributed by atoms with Gasteiger partial charge in [0.25, 0.3) is 5.95 Å². The Hall–Kier alpha value is -5.48. The fraction of sp³-hybridized carbons (Fsp3) is 0.222. The van der Waals surface area contributed by atoms with Gasteiger partial charge in [0.2, 0.25) is 5.91 Å². The van der Waals surface area contributed by atoms with Crippen LogP contribution in [0.4, 0.5) is 11.6 Å².